The van der Waals surface area contributed by atoms with E-state index in [1.54, 1.807) is 13.3 Å². The Kier molecular flexibility index (Phi) is 8.20. The van der Waals surface area contributed by atoms with Crippen LogP contribution in [-0.4, -0.2) is 39.4 Å². The highest BCUT2D eigenvalue weighted by atomic mass is 32.3. The van der Waals surface area contributed by atoms with E-state index < -0.39 is 10.4 Å². The van der Waals surface area contributed by atoms with Gasteiger partial charge in [0, 0.05) is 24.9 Å². The minimum absolute atomic E-state index is 0.0289. The van der Waals surface area contributed by atoms with Crippen LogP contribution in [0, 0.1) is 0 Å². The van der Waals surface area contributed by atoms with Gasteiger partial charge in [-0.1, -0.05) is 18.2 Å². The standard InChI is InChI=1S/C18H18N2O2.C2H6O4S/c1-3-20-16-13-15(21-2)9-10-17(16)22-18(20)11-12-19-14-7-5-4-6-8-14;1-2-6-7(3,4)5/h4-13H,3H2,1-2H3;2H2,1H3,(H,3,4,5)/b18-11+,19-12?;. The number of hydrogen-bond acceptors (Lipinski definition) is 7. The van der Waals surface area contributed by atoms with Crippen LogP contribution in [0.5, 0.6) is 11.5 Å². The number of fused-ring (bicyclic) bond motifs is 1. The third-order valence-corrected chi connectivity index (χ3v) is 4.25. The van der Waals surface area contributed by atoms with Crippen LogP contribution >= 0.6 is 0 Å². The van der Waals surface area contributed by atoms with Crippen LogP contribution in [0.4, 0.5) is 11.4 Å². The van der Waals surface area contributed by atoms with E-state index in [4.69, 9.17) is 14.0 Å². The fourth-order valence-corrected chi connectivity index (χ4v) is 2.81. The van der Waals surface area contributed by atoms with E-state index in [-0.39, 0.29) is 6.61 Å². The number of anilines is 1. The Bertz CT molecular complexity index is 958. The zero-order chi connectivity index (χ0) is 21.3. The van der Waals surface area contributed by atoms with Crippen molar-refractivity contribution in [3.63, 3.8) is 0 Å². The topological polar surface area (TPSA) is 97.7 Å². The van der Waals surface area contributed by atoms with E-state index in [1.807, 2.05) is 54.6 Å². The first-order valence-corrected chi connectivity index (χ1v) is 10.3. The number of ether oxygens (including phenoxy) is 2. The summed E-state index contributed by atoms with van der Waals surface area (Å²) in [4.78, 5) is 6.49. The molecule has 0 spiro atoms. The van der Waals surface area contributed by atoms with Crippen molar-refractivity contribution in [2.45, 2.75) is 13.8 Å². The number of para-hydroxylation sites is 1. The zero-order valence-corrected chi connectivity index (χ0v) is 17.3. The van der Waals surface area contributed by atoms with Crippen molar-refractivity contribution in [1.82, 2.24) is 0 Å². The summed E-state index contributed by atoms with van der Waals surface area (Å²) in [6, 6.07) is 15.6. The van der Waals surface area contributed by atoms with Gasteiger partial charge >= 0.3 is 10.4 Å². The molecule has 1 aliphatic heterocycles. The number of aliphatic imine (C=N–C) groups is 1. The van der Waals surface area contributed by atoms with Gasteiger partial charge in [0.05, 0.1) is 25.1 Å². The third-order valence-electron chi connectivity index (χ3n) is 3.72. The van der Waals surface area contributed by atoms with Crippen LogP contribution in [0.2, 0.25) is 0 Å². The van der Waals surface area contributed by atoms with Crippen LogP contribution in [0.25, 0.3) is 0 Å². The maximum absolute atomic E-state index is 9.56. The number of methoxy groups -OCH3 is 1. The zero-order valence-electron chi connectivity index (χ0n) is 16.5. The van der Waals surface area contributed by atoms with Crippen molar-refractivity contribution in [2.75, 3.05) is 25.2 Å². The van der Waals surface area contributed by atoms with Gasteiger partial charge in [0.25, 0.3) is 0 Å². The number of rotatable bonds is 6. The molecular weight excluding hydrogens is 396 g/mol. The summed E-state index contributed by atoms with van der Waals surface area (Å²) in [6.45, 7) is 4.33. The molecule has 2 aromatic rings. The average molecular weight is 420 g/mol. The third kappa shape index (κ3) is 6.90. The fraction of sp³-hybridized carbons (Fsp3) is 0.250. The van der Waals surface area contributed by atoms with Gasteiger partial charge in [0.15, 0.2) is 5.75 Å². The van der Waals surface area contributed by atoms with Gasteiger partial charge in [-0.3, -0.25) is 9.55 Å². The van der Waals surface area contributed by atoms with Crippen molar-refractivity contribution < 1.29 is 26.6 Å². The maximum atomic E-state index is 9.56. The summed E-state index contributed by atoms with van der Waals surface area (Å²) in [7, 11) is -2.51. The second kappa shape index (κ2) is 10.6. The first-order chi connectivity index (χ1) is 13.9. The van der Waals surface area contributed by atoms with Crippen molar-refractivity contribution in [1.29, 1.82) is 0 Å². The van der Waals surface area contributed by atoms with Crippen LogP contribution in [0.1, 0.15) is 13.8 Å². The van der Waals surface area contributed by atoms with Gasteiger partial charge < -0.3 is 14.4 Å². The second-order valence-electron chi connectivity index (χ2n) is 5.63. The minimum Gasteiger partial charge on any atom is -0.497 e. The summed E-state index contributed by atoms with van der Waals surface area (Å²) in [6.07, 6.45) is 3.64. The molecule has 8 nitrogen and oxygen atoms in total. The van der Waals surface area contributed by atoms with Gasteiger partial charge in [-0.25, -0.2) is 4.18 Å². The summed E-state index contributed by atoms with van der Waals surface area (Å²) in [5.41, 5.74) is 1.93. The molecule has 0 saturated carbocycles. The van der Waals surface area contributed by atoms with Gasteiger partial charge in [-0.15, -0.1) is 0 Å². The normalized spacial score (nSPS) is 14.3. The molecule has 0 aliphatic carbocycles. The SMILES string of the molecule is CCN1/C(=C\C=Nc2ccccc2)Oc2ccc(OC)cc21.CCOS(=O)(=O)O. The van der Waals surface area contributed by atoms with Gasteiger partial charge in [0.1, 0.15) is 5.75 Å². The number of hydrogen-bond donors (Lipinski definition) is 1. The number of allylic oxidation sites excluding steroid dienone is 1. The van der Waals surface area contributed by atoms with Crippen LogP contribution in [0.15, 0.2) is 65.5 Å². The first kappa shape index (κ1) is 22.4. The van der Waals surface area contributed by atoms with E-state index in [9.17, 15) is 8.42 Å². The molecule has 0 amide bonds. The monoisotopic (exact) mass is 420 g/mol. The number of benzene rings is 2. The molecule has 2 aromatic carbocycles. The first-order valence-electron chi connectivity index (χ1n) is 8.92. The van der Waals surface area contributed by atoms with E-state index in [2.05, 4.69) is 21.0 Å². The summed E-state index contributed by atoms with van der Waals surface area (Å²) >= 11 is 0. The van der Waals surface area contributed by atoms with Crippen LogP contribution in [-0.2, 0) is 14.6 Å². The Hall–Kier alpha value is -2.88. The molecule has 0 unspecified atom stereocenters. The minimum atomic E-state index is -4.17. The number of nitrogens with zero attached hydrogens (tertiary/aromatic N) is 2. The molecule has 0 atom stereocenters. The molecule has 0 fully saturated rings. The van der Waals surface area contributed by atoms with Gasteiger partial charge in [-0.2, -0.15) is 8.42 Å². The molecular formula is C20H24N2O6S. The summed E-state index contributed by atoms with van der Waals surface area (Å²) in [5.74, 6) is 2.42. The van der Waals surface area contributed by atoms with Crippen molar-refractivity contribution in [3.05, 3.63) is 60.5 Å². The molecule has 0 saturated heterocycles. The summed E-state index contributed by atoms with van der Waals surface area (Å²) < 4.78 is 41.8. The Morgan fingerprint density at radius 3 is 2.45 bits per heavy atom. The molecule has 0 bridgehead atoms. The smallest absolute Gasteiger partial charge is 0.397 e. The van der Waals surface area contributed by atoms with E-state index in [1.165, 1.54) is 6.92 Å². The van der Waals surface area contributed by atoms with E-state index in [0.29, 0.717) is 0 Å². The largest absolute Gasteiger partial charge is 0.497 e. The Balaban J connectivity index is 0.000000370. The lowest BCUT2D eigenvalue weighted by atomic mass is 10.2. The molecule has 156 valence electrons. The van der Waals surface area contributed by atoms with E-state index in [0.717, 1.165) is 35.3 Å². The molecule has 1 N–H and O–H groups in total. The van der Waals surface area contributed by atoms with Crippen molar-refractivity contribution >= 4 is 28.0 Å². The highest BCUT2D eigenvalue weighted by Crippen LogP contribution is 2.40. The molecule has 29 heavy (non-hydrogen) atoms. The molecule has 9 heteroatoms. The second-order valence-corrected chi connectivity index (χ2v) is 6.72. The Morgan fingerprint density at radius 1 is 1.17 bits per heavy atom. The molecule has 3 rings (SSSR count). The van der Waals surface area contributed by atoms with E-state index >= 15 is 0 Å². The lowest BCUT2D eigenvalue weighted by Crippen LogP contribution is -2.19. The molecule has 0 radical (unpaired) electrons. The van der Waals surface area contributed by atoms with Gasteiger partial charge in [0.2, 0.25) is 5.88 Å². The van der Waals surface area contributed by atoms with Crippen molar-refractivity contribution in [3.8, 4) is 11.5 Å². The van der Waals surface area contributed by atoms with Crippen LogP contribution < -0.4 is 14.4 Å². The molecule has 0 aromatic heterocycles. The lowest BCUT2D eigenvalue weighted by molar-refractivity contribution is 0.283. The van der Waals surface area contributed by atoms with Crippen LogP contribution in [0.3, 0.4) is 0 Å². The Labute approximate surface area is 171 Å². The average Bonchev–Trinajstić information content (AvgIpc) is 3.04. The molecule has 1 heterocycles. The lowest BCUT2D eigenvalue weighted by Gasteiger charge is -2.15. The van der Waals surface area contributed by atoms with Gasteiger partial charge in [-0.05, 0) is 38.1 Å². The predicted molar refractivity (Wildman–Crippen MR) is 112 cm³/mol. The Morgan fingerprint density at radius 2 is 1.90 bits per heavy atom. The highest BCUT2D eigenvalue weighted by molar-refractivity contribution is 7.80. The quantitative estimate of drug-likeness (QED) is 0.557. The van der Waals surface area contributed by atoms with Crippen molar-refractivity contribution in [2.24, 2.45) is 4.99 Å². The fourth-order valence-electron chi connectivity index (χ4n) is 2.51. The predicted octanol–water partition coefficient (Wildman–Crippen LogP) is 3.98. The molecule has 1 aliphatic rings. The highest BCUT2D eigenvalue weighted by Gasteiger charge is 2.25. The summed E-state index contributed by atoms with van der Waals surface area (Å²) in [5, 5.41) is 0. The maximum Gasteiger partial charge on any atom is 0.397 e.